The number of carbonyl (C=O) groups excluding carboxylic acids is 2. The molecule has 2 heteroatoms. The molecule has 0 fully saturated rings. The van der Waals surface area contributed by atoms with Gasteiger partial charge in [-0.25, -0.2) is 0 Å². The molecule has 1 atom stereocenters. The van der Waals surface area contributed by atoms with Crippen LogP contribution in [0.3, 0.4) is 0 Å². The summed E-state index contributed by atoms with van der Waals surface area (Å²) in [7, 11) is 0. The maximum Gasteiger partial charge on any atom is 0.232 e. The fourth-order valence-corrected chi connectivity index (χ4v) is 3.75. The zero-order valence-electron chi connectivity index (χ0n) is 15.2. The lowest BCUT2D eigenvalue weighted by Crippen LogP contribution is -2.19. The fourth-order valence-electron chi connectivity index (χ4n) is 3.75. The van der Waals surface area contributed by atoms with E-state index >= 15 is 0 Å². The van der Waals surface area contributed by atoms with Gasteiger partial charge in [0, 0.05) is 17.4 Å². The van der Waals surface area contributed by atoms with Gasteiger partial charge in [0.2, 0.25) is 5.78 Å². The van der Waals surface area contributed by atoms with Crippen molar-refractivity contribution in [1.82, 2.24) is 0 Å². The van der Waals surface area contributed by atoms with Crippen LogP contribution in [0, 0.1) is 23.2 Å². The van der Waals surface area contributed by atoms with Crippen LogP contribution in [-0.4, -0.2) is 11.6 Å². The Hall–Kier alpha value is -1.88. The number of rotatable bonds is 6. The van der Waals surface area contributed by atoms with Gasteiger partial charge in [0.25, 0.3) is 0 Å². The summed E-state index contributed by atoms with van der Waals surface area (Å²) >= 11 is 0. The number of allylic oxidation sites excluding steroid dienone is 6. The first-order valence-electron chi connectivity index (χ1n) is 9.23. The number of hydrogen-bond acceptors (Lipinski definition) is 2. The van der Waals surface area contributed by atoms with Crippen LogP contribution in [0.25, 0.3) is 0 Å². The van der Waals surface area contributed by atoms with Gasteiger partial charge in [-0.3, -0.25) is 9.59 Å². The quantitative estimate of drug-likeness (QED) is 0.393. The van der Waals surface area contributed by atoms with E-state index in [1.807, 2.05) is 12.2 Å². The Morgan fingerprint density at radius 2 is 1.88 bits per heavy atom. The van der Waals surface area contributed by atoms with Gasteiger partial charge in [-0.15, -0.1) is 0 Å². The lowest BCUT2D eigenvalue weighted by Gasteiger charge is -2.28. The van der Waals surface area contributed by atoms with Crippen molar-refractivity contribution in [3.63, 3.8) is 0 Å². The Balaban J connectivity index is 2.36. The van der Waals surface area contributed by atoms with Gasteiger partial charge >= 0.3 is 0 Å². The van der Waals surface area contributed by atoms with Crippen molar-refractivity contribution in [2.24, 2.45) is 11.3 Å². The predicted octanol–water partition coefficient (Wildman–Crippen LogP) is 4.96. The minimum absolute atomic E-state index is 0.0136. The molecular formula is C22H28O2. The Labute approximate surface area is 146 Å². The molecule has 2 rings (SSSR count). The standard InChI is InChI=1S/C22H28O2/c1-4-6-8-9-11-20(24)21-17(3)16-22(19(21)10-7-5-2)14-12-18(23)13-15-22/h12-15,17H,4-8,10,16H2,1-3H3/t17-/m0/s1. The first-order chi connectivity index (χ1) is 11.5. The van der Waals surface area contributed by atoms with E-state index in [2.05, 4.69) is 32.6 Å². The minimum Gasteiger partial charge on any atom is -0.290 e. The van der Waals surface area contributed by atoms with Gasteiger partial charge in [0.15, 0.2) is 5.78 Å². The molecule has 0 saturated carbocycles. The average molecular weight is 324 g/mol. The highest BCUT2D eigenvalue weighted by atomic mass is 16.1. The molecule has 2 aliphatic rings. The Morgan fingerprint density at radius 3 is 2.50 bits per heavy atom. The summed E-state index contributed by atoms with van der Waals surface area (Å²) in [5, 5.41) is 0. The summed E-state index contributed by atoms with van der Waals surface area (Å²) in [6, 6.07) is 0. The van der Waals surface area contributed by atoms with Gasteiger partial charge in [-0.05, 0) is 55.2 Å². The first-order valence-corrected chi connectivity index (χ1v) is 9.23. The minimum atomic E-state index is -0.251. The predicted molar refractivity (Wildman–Crippen MR) is 98.4 cm³/mol. The van der Waals surface area contributed by atoms with Gasteiger partial charge < -0.3 is 0 Å². The van der Waals surface area contributed by atoms with Crippen molar-refractivity contribution >= 4 is 11.6 Å². The molecule has 128 valence electrons. The smallest absolute Gasteiger partial charge is 0.232 e. The largest absolute Gasteiger partial charge is 0.290 e. The van der Waals surface area contributed by atoms with Crippen LogP contribution in [0.1, 0.15) is 65.7 Å². The highest BCUT2D eigenvalue weighted by molar-refractivity contribution is 6.10. The van der Waals surface area contributed by atoms with E-state index in [9.17, 15) is 9.59 Å². The van der Waals surface area contributed by atoms with Crippen LogP contribution >= 0.6 is 0 Å². The van der Waals surface area contributed by atoms with Crippen LogP contribution in [0.15, 0.2) is 35.5 Å². The normalized spacial score (nSPS) is 21.3. The summed E-state index contributed by atoms with van der Waals surface area (Å²) in [5.74, 6) is 6.10. The van der Waals surface area contributed by atoms with Gasteiger partial charge in [-0.2, -0.15) is 0 Å². The lowest BCUT2D eigenvalue weighted by atomic mass is 9.75. The summed E-state index contributed by atoms with van der Waals surface area (Å²) in [6.45, 7) is 6.40. The third-order valence-electron chi connectivity index (χ3n) is 5.00. The van der Waals surface area contributed by atoms with E-state index in [1.54, 1.807) is 12.2 Å². The third kappa shape index (κ3) is 3.96. The van der Waals surface area contributed by atoms with Crippen molar-refractivity contribution in [2.75, 3.05) is 0 Å². The second kappa shape index (κ2) is 8.29. The van der Waals surface area contributed by atoms with Gasteiger partial charge in [0.1, 0.15) is 0 Å². The summed E-state index contributed by atoms with van der Waals surface area (Å²) in [4.78, 5) is 24.3. The number of Topliss-reactive ketones (excluding diaryl/α,β-unsaturated/α-hetero) is 1. The number of carbonyl (C=O) groups is 2. The average Bonchev–Trinajstić information content (AvgIpc) is 2.84. The summed E-state index contributed by atoms with van der Waals surface area (Å²) in [5.41, 5.74) is 1.83. The van der Waals surface area contributed by atoms with Crippen LogP contribution in [0.5, 0.6) is 0 Å². The van der Waals surface area contributed by atoms with E-state index in [0.29, 0.717) is 0 Å². The van der Waals surface area contributed by atoms with Crippen LogP contribution < -0.4 is 0 Å². The highest BCUT2D eigenvalue weighted by Gasteiger charge is 2.43. The van der Waals surface area contributed by atoms with Crippen LogP contribution in [-0.2, 0) is 9.59 Å². The topological polar surface area (TPSA) is 34.1 Å². The number of hydrogen-bond donors (Lipinski definition) is 0. The van der Waals surface area contributed by atoms with Crippen LogP contribution in [0.4, 0.5) is 0 Å². The van der Waals surface area contributed by atoms with E-state index in [0.717, 1.165) is 50.5 Å². The van der Waals surface area contributed by atoms with E-state index < -0.39 is 0 Å². The zero-order chi connectivity index (χ0) is 17.6. The molecule has 1 spiro atoms. The zero-order valence-corrected chi connectivity index (χ0v) is 15.2. The maximum atomic E-state index is 12.7. The van der Waals surface area contributed by atoms with Crippen molar-refractivity contribution in [1.29, 1.82) is 0 Å². The van der Waals surface area contributed by atoms with Gasteiger partial charge in [0.05, 0.1) is 0 Å². The third-order valence-corrected chi connectivity index (χ3v) is 5.00. The van der Waals surface area contributed by atoms with Crippen molar-refractivity contribution < 1.29 is 9.59 Å². The summed E-state index contributed by atoms with van der Waals surface area (Å²) in [6.07, 6.45) is 14.1. The molecule has 0 N–H and O–H groups in total. The molecule has 0 unspecified atom stereocenters. The number of ketones is 2. The van der Waals surface area contributed by atoms with Crippen molar-refractivity contribution in [3.8, 4) is 11.8 Å². The van der Waals surface area contributed by atoms with E-state index in [4.69, 9.17) is 0 Å². The second-order valence-electron chi connectivity index (χ2n) is 6.94. The Kier molecular flexibility index (Phi) is 6.37. The molecular weight excluding hydrogens is 296 g/mol. The molecule has 0 heterocycles. The molecule has 0 aliphatic heterocycles. The molecule has 0 amide bonds. The van der Waals surface area contributed by atoms with E-state index in [1.165, 1.54) is 5.57 Å². The van der Waals surface area contributed by atoms with Gasteiger partial charge in [-0.1, -0.05) is 51.7 Å². The van der Waals surface area contributed by atoms with Crippen molar-refractivity contribution in [2.45, 2.75) is 65.7 Å². The SMILES string of the molecule is CCCCC#CC(=O)C1=C(CCCC)C2(C=CC(=O)C=C2)C[C@@H]1C. The molecule has 0 bridgehead atoms. The fraction of sp³-hybridized carbons (Fsp3) is 0.545. The molecule has 24 heavy (non-hydrogen) atoms. The first kappa shape index (κ1) is 18.5. The Morgan fingerprint density at radius 1 is 1.21 bits per heavy atom. The second-order valence-corrected chi connectivity index (χ2v) is 6.94. The Bertz CT molecular complexity index is 633. The molecule has 2 nitrogen and oxygen atoms in total. The molecule has 0 saturated heterocycles. The molecule has 0 aromatic heterocycles. The maximum absolute atomic E-state index is 12.7. The lowest BCUT2D eigenvalue weighted by molar-refractivity contribution is -0.111. The monoisotopic (exact) mass is 324 g/mol. The molecule has 0 aromatic rings. The molecule has 0 radical (unpaired) electrons. The molecule has 2 aliphatic carbocycles. The number of unbranched alkanes of at least 4 members (excludes halogenated alkanes) is 3. The molecule has 0 aromatic carbocycles. The van der Waals surface area contributed by atoms with Crippen LogP contribution in [0.2, 0.25) is 0 Å². The highest BCUT2D eigenvalue weighted by Crippen LogP contribution is 2.51. The van der Waals surface area contributed by atoms with E-state index in [-0.39, 0.29) is 22.9 Å². The summed E-state index contributed by atoms with van der Waals surface area (Å²) < 4.78 is 0. The van der Waals surface area contributed by atoms with Crippen molar-refractivity contribution in [3.05, 3.63) is 35.5 Å².